The number of benzene rings is 1. The molecule has 2 rings (SSSR count). The summed E-state index contributed by atoms with van der Waals surface area (Å²) in [6.07, 6.45) is 1.44. The van der Waals surface area contributed by atoms with Crippen molar-refractivity contribution in [2.24, 2.45) is 0 Å². The molecule has 106 valence electrons. The maximum Gasteiger partial charge on any atom is 0.271 e. The van der Waals surface area contributed by atoms with Crippen molar-refractivity contribution in [2.45, 2.75) is 20.0 Å². The zero-order valence-corrected chi connectivity index (χ0v) is 11.6. The molecule has 0 aliphatic heterocycles. The van der Waals surface area contributed by atoms with Crippen LogP contribution >= 0.6 is 11.6 Å². The van der Waals surface area contributed by atoms with Crippen LogP contribution in [-0.2, 0) is 13.1 Å². The molecule has 0 radical (unpaired) electrons. The van der Waals surface area contributed by atoms with Crippen LogP contribution in [0.3, 0.4) is 0 Å². The summed E-state index contributed by atoms with van der Waals surface area (Å²) < 4.78 is 14.5. The van der Waals surface area contributed by atoms with Crippen molar-refractivity contribution in [3.63, 3.8) is 0 Å². The molecule has 1 amide bonds. The van der Waals surface area contributed by atoms with Crippen molar-refractivity contribution in [3.05, 3.63) is 46.5 Å². The fourth-order valence-corrected chi connectivity index (χ4v) is 2.01. The lowest BCUT2D eigenvalue weighted by atomic mass is 10.2. The minimum Gasteiger partial charge on any atom is -0.396 e. The number of amides is 1. The number of nitrogen functional groups attached to an aromatic ring is 1. The normalized spacial score (nSPS) is 10.6. The molecule has 1 aromatic heterocycles. The van der Waals surface area contributed by atoms with Crippen LogP contribution in [0.25, 0.3) is 0 Å². The highest BCUT2D eigenvalue weighted by Crippen LogP contribution is 2.16. The van der Waals surface area contributed by atoms with Gasteiger partial charge in [-0.1, -0.05) is 17.7 Å². The molecular formula is C13H14ClFN4O. The van der Waals surface area contributed by atoms with Gasteiger partial charge >= 0.3 is 0 Å². The molecule has 3 N–H and O–H groups in total. The third-order valence-corrected chi connectivity index (χ3v) is 3.11. The van der Waals surface area contributed by atoms with Crippen LogP contribution in [0.5, 0.6) is 0 Å². The van der Waals surface area contributed by atoms with Crippen LogP contribution in [0.4, 0.5) is 10.1 Å². The van der Waals surface area contributed by atoms with Crippen molar-refractivity contribution >= 4 is 23.2 Å². The SMILES string of the molecule is CCn1ncc(N)c1C(=O)NCc1ccc(F)c(Cl)c1. The Hall–Kier alpha value is -2.08. The van der Waals surface area contributed by atoms with Crippen molar-refractivity contribution in [1.29, 1.82) is 0 Å². The Morgan fingerprint density at radius 3 is 2.95 bits per heavy atom. The molecule has 0 spiro atoms. The Labute approximate surface area is 120 Å². The Morgan fingerprint density at radius 1 is 1.55 bits per heavy atom. The second-order valence-electron chi connectivity index (χ2n) is 4.20. The summed E-state index contributed by atoms with van der Waals surface area (Å²) in [5, 5.41) is 6.72. The summed E-state index contributed by atoms with van der Waals surface area (Å²) in [6.45, 7) is 2.64. The summed E-state index contributed by atoms with van der Waals surface area (Å²) >= 11 is 5.68. The topological polar surface area (TPSA) is 72.9 Å². The molecule has 0 fully saturated rings. The van der Waals surface area contributed by atoms with E-state index in [0.29, 0.717) is 23.5 Å². The molecular weight excluding hydrogens is 283 g/mol. The summed E-state index contributed by atoms with van der Waals surface area (Å²) in [5.74, 6) is -0.822. The second-order valence-corrected chi connectivity index (χ2v) is 4.60. The highest BCUT2D eigenvalue weighted by molar-refractivity contribution is 6.30. The van der Waals surface area contributed by atoms with E-state index in [1.165, 1.54) is 23.0 Å². The first-order valence-electron chi connectivity index (χ1n) is 6.06. The third kappa shape index (κ3) is 2.91. The first kappa shape index (κ1) is 14.3. The second kappa shape index (κ2) is 5.92. The molecule has 1 aromatic carbocycles. The number of rotatable bonds is 4. The van der Waals surface area contributed by atoms with Crippen LogP contribution in [0.1, 0.15) is 23.0 Å². The van der Waals surface area contributed by atoms with E-state index in [0.717, 1.165) is 0 Å². The molecule has 2 aromatic rings. The number of aryl methyl sites for hydroxylation is 1. The minimum atomic E-state index is -0.491. The Balaban J connectivity index is 2.08. The Morgan fingerprint density at radius 2 is 2.30 bits per heavy atom. The number of hydrogen-bond donors (Lipinski definition) is 2. The summed E-state index contributed by atoms with van der Waals surface area (Å²) in [7, 11) is 0. The fourth-order valence-electron chi connectivity index (χ4n) is 1.80. The van der Waals surface area contributed by atoms with Gasteiger partial charge in [-0.2, -0.15) is 5.10 Å². The van der Waals surface area contributed by atoms with Gasteiger partial charge in [0, 0.05) is 13.1 Å². The van der Waals surface area contributed by atoms with Crippen LogP contribution < -0.4 is 11.1 Å². The molecule has 0 bridgehead atoms. The number of nitrogens with one attached hydrogen (secondary N) is 1. The molecule has 0 aliphatic rings. The zero-order chi connectivity index (χ0) is 14.7. The average molecular weight is 297 g/mol. The number of hydrogen-bond acceptors (Lipinski definition) is 3. The molecule has 0 saturated carbocycles. The number of aromatic nitrogens is 2. The molecule has 0 saturated heterocycles. The van der Waals surface area contributed by atoms with E-state index in [1.54, 1.807) is 6.07 Å². The first-order valence-corrected chi connectivity index (χ1v) is 6.44. The molecule has 0 unspecified atom stereocenters. The number of nitrogens with two attached hydrogens (primary N) is 1. The highest BCUT2D eigenvalue weighted by atomic mass is 35.5. The largest absolute Gasteiger partial charge is 0.396 e. The average Bonchev–Trinajstić information content (AvgIpc) is 2.81. The van der Waals surface area contributed by atoms with Crippen molar-refractivity contribution < 1.29 is 9.18 Å². The van der Waals surface area contributed by atoms with Gasteiger partial charge in [-0.15, -0.1) is 0 Å². The lowest BCUT2D eigenvalue weighted by molar-refractivity contribution is 0.0941. The highest BCUT2D eigenvalue weighted by Gasteiger charge is 2.15. The van der Waals surface area contributed by atoms with Gasteiger partial charge in [0.15, 0.2) is 0 Å². The van der Waals surface area contributed by atoms with Gasteiger partial charge in [-0.3, -0.25) is 9.48 Å². The quantitative estimate of drug-likeness (QED) is 0.908. The van der Waals surface area contributed by atoms with Gasteiger partial charge in [-0.25, -0.2) is 4.39 Å². The maximum atomic E-state index is 13.0. The van der Waals surface area contributed by atoms with Gasteiger partial charge in [0.25, 0.3) is 5.91 Å². The van der Waals surface area contributed by atoms with Crippen LogP contribution in [-0.4, -0.2) is 15.7 Å². The molecule has 0 atom stereocenters. The van der Waals surface area contributed by atoms with Crippen molar-refractivity contribution in [3.8, 4) is 0 Å². The Kier molecular flexibility index (Phi) is 4.24. The minimum absolute atomic E-state index is 0.0230. The molecule has 20 heavy (non-hydrogen) atoms. The van der Waals surface area contributed by atoms with E-state index >= 15 is 0 Å². The number of carbonyl (C=O) groups excluding carboxylic acids is 1. The van der Waals surface area contributed by atoms with E-state index in [4.69, 9.17) is 17.3 Å². The van der Waals surface area contributed by atoms with Gasteiger partial charge in [-0.05, 0) is 24.6 Å². The monoisotopic (exact) mass is 296 g/mol. The molecule has 1 heterocycles. The van der Waals surface area contributed by atoms with Gasteiger partial charge in [0.1, 0.15) is 11.5 Å². The number of carbonyl (C=O) groups is 1. The summed E-state index contributed by atoms with van der Waals surface area (Å²) in [4.78, 5) is 12.1. The maximum absolute atomic E-state index is 13.0. The fraction of sp³-hybridized carbons (Fsp3) is 0.231. The summed E-state index contributed by atoms with van der Waals surface area (Å²) in [5.41, 5.74) is 7.06. The lowest BCUT2D eigenvalue weighted by Gasteiger charge is -2.08. The van der Waals surface area contributed by atoms with E-state index in [-0.39, 0.29) is 17.5 Å². The molecule has 0 aliphatic carbocycles. The van der Waals surface area contributed by atoms with Crippen molar-refractivity contribution in [1.82, 2.24) is 15.1 Å². The van der Waals surface area contributed by atoms with E-state index in [2.05, 4.69) is 10.4 Å². The number of anilines is 1. The number of nitrogens with zero attached hydrogens (tertiary/aromatic N) is 2. The molecule has 5 nitrogen and oxygen atoms in total. The molecule has 7 heteroatoms. The van der Waals surface area contributed by atoms with Gasteiger partial charge in [0.2, 0.25) is 0 Å². The number of halogens is 2. The smallest absolute Gasteiger partial charge is 0.271 e. The first-order chi connectivity index (χ1) is 9.52. The van der Waals surface area contributed by atoms with Crippen LogP contribution in [0, 0.1) is 5.82 Å². The predicted molar refractivity (Wildman–Crippen MR) is 74.9 cm³/mol. The van der Waals surface area contributed by atoms with Gasteiger partial charge < -0.3 is 11.1 Å². The predicted octanol–water partition coefficient (Wildman–Crippen LogP) is 2.21. The van der Waals surface area contributed by atoms with E-state index < -0.39 is 5.82 Å². The van der Waals surface area contributed by atoms with Crippen molar-refractivity contribution in [2.75, 3.05) is 5.73 Å². The van der Waals surface area contributed by atoms with Crippen LogP contribution in [0.15, 0.2) is 24.4 Å². The zero-order valence-electron chi connectivity index (χ0n) is 10.9. The van der Waals surface area contributed by atoms with E-state index in [9.17, 15) is 9.18 Å². The summed E-state index contributed by atoms with van der Waals surface area (Å²) in [6, 6.07) is 4.29. The van der Waals surface area contributed by atoms with Crippen LogP contribution in [0.2, 0.25) is 5.02 Å². The Bertz CT molecular complexity index is 641. The third-order valence-electron chi connectivity index (χ3n) is 2.82. The van der Waals surface area contributed by atoms with E-state index in [1.807, 2.05) is 6.92 Å². The standard InChI is InChI=1S/C13H14ClFN4O/c1-2-19-12(11(16)7-18-19)13(20)17-6-8-3-4-10(15)9(14)5-8/h3-5,7H,2,6,16H2,1H3,(H,17,20). The van der Waals surface area contributed by atoms with Gasteiger partial charge in [0.05, 0.1) is 16.9 Å². The lowest BCUT2D eigenvalue weighted by Crippen LogP contribution is -2.26.